The monoisotopic (exact) mass is 245 g/mol. The minimum atomic E-state index is -0.0647. The molecule has 1 aliphatic rings. The number of aliphatic hydroxyl groups is 1. The van der Waals surface area contributed by atoms with Crippen LogP contribution in [0, 0.1) is 5.41 Å². The SMILES string of the molecule is CC(C)OCCN(C)CC1(CO)CCCOC1. The van der Waals surface area contributed by atoms with Crippen LogP contribution in [0.2, 0.25) is 0 Å². The Kier molecular flexibility index (Phi) is 6.41. The van der Waals surface area contributed by atoms with Gasteiger partial charge in [-0.05, 0) is 33.7 Å². The highest BCUT2D eigenvalue weighted by atomic mass is 16.5. The maximum atomic E-state index is 9.57. The van der Waals surface area contributed by atoms with Gasteiger partial charge in [0.15, 0.2) is 0 Å². The van der Waals surface area contributed by atoms with Crippen LogP contribution in [0.15, 0.2) is 0 Å². The summed E-state index contributed by atoms with van der Waals surface area (Å²) in [6.07, 6.45) is 2.39. The average Bonchev–Trinajstić information content (AvgIpc) is 2.29. The predicted molar refractivity (Wildman–Crippen MR) is 68.2 cm³/mol. The van der Waals surface area contributed by atoms with Crippen molar-refractivity contribution in [1.29, 1.82) is 0 Å². The molecule has 0 radical (unpaired) electrons. The fraction of sp³-hybridized carbons (Fsp3) is 1.00. The van der Waals surface area contributed by atoms with Gasteiger partial charge >= 0.3 is 0 Å². The summed E-state index contributed by atoms with van der Waals surface area (Å²) in [6.45, 7) is 8.35. The van der Waals surface area contributed by atoms with Gasteiger partial charge in [-0.1, -0.05) is 0 Å². The zero-order valence-electron chi connectivity index (χ0n) is 11.4. The summed E-state index contributed by atoms with van der Waals surface area (Å²) in [5.74, 6) is 0. The molecule has 1 rings (SSSR count). The number of ether oxygens (including phenoxy) is 2. The number of nitrogens with zero attached hydrogens (tertiary/aromatic N) is 1. The fourth-order valence-electron chi connectivity index (χ4n) is 2.31. The molecule has 1 unspecified atom stereocenters. The molecule has 0 saturated carbocycles. The summed E-state index contributed by atoms with van der Waals surface area (Å²) in [5.41, 5.74) is -0.0647. The molecule has 0 bridgehead atoms. The largest absolute Gasteiger partial charge is 0.396 e. The Morgan fingerprint density at radius 1 is 1.47 bits per heavy atom. The summed E-state index contributed by atoms with van der Waals surface area (Å²) in [4.78, 5) is 2.23. The molecule has 0 aliphatic carbocycles. The van der Waals surface area contributed by atoms with Crippen LogP contribution in [-0.4, -0.2) is 62.7 Å². The molecule has 0 aromatic heterocycles. The van der Waals surface area contributed by atoms with Crippen molar-refractivity contribution in [3.05, 3.63) is 0 Å². The van der Waals surface area contributed by atoms with Crippen LogP contribution >= 0.6 is 0 Å². The Morgan fingerprint density at radius 3 is 2.76 bits per heavy atom. The lowest BCUT2D eigenvalue weighted by Gasteiger charge is -2.38. The Hall–Kier alpha value is -0.160. The van der Waals surface area contributed by atoms with Gasteiger partial charge in [-0.2, -0.15) is 0 Å². The molecule has 0 aromatic carbocycles. The number of rotatable bonds is 7. The molecule has 17 heavy (non-hydrogen) atoms. The van der Waals surface area contributed by atoms with E-state index in [0.29, 0.717) is 6.61 Å². The van der Waals surface area contributed by atoms with Gasteiger partial charge in [0, 0.05) is 25.1 Å². The molecule has 1 fully saturated rings. The maximum absolute atomic E-state index is 9.57. The Bertz CT molecular complexity index is 203. The van der Waals surface area contributed by atoms with Crippen LogP contribution < -0.4 is 0 Å². The lowest BCUT2D eigenvalue weighted by Crippen LogP contribution is -2.45. The quantitative estimate of drug-likeness (QED) is 0.730. The first kappa shape index (κ1) is 14.9. The van der Waals surface area contributed by atoms with Gasteiger partial charge in [0.1, 0.15) is 0 Å². The third-order valence-electron chi connectivity index (χ3n) is 3.27. The van der Waals surface area contributed by atoms with Crippen molar-refractivity contribution in [3.63, 3.8) is 0 Å². The van der Waals surface area contributed by atoms with Crippen LogP contribution in [0.4, 0.5) is 0 Å². The van der Waals surface area contributed by atoms with E-state index in [9.17, 15) is 5.11 Å². The second kappa shape index (κ2) is 7.31. The molecule has 0 amide bonds. The Balaban J connectivity index is 2.29. The third kappa shape index (κ3) is 5.34. The molecule has 4 nitrogen and oxygen atoms in total. The first-order valence-corrected chi connectivity index (χ1v) is 6.57. The van der Waals surface area contributed by atoms with E-state index in [1.54, 1.807) is 0 Å². The van der Waals surface area contributed by atoms with Crippen molar-refractivity contribution in [2.24, 2.45) is 5.41 Å². The molecule has 0 aromatic rings. The van der Waals surface area contributed by atoms with E-state index >= 15 is 0 Å². The number of likely N-dealkylation sites (N-methyl/N-ethyl adjacent to an activating group) is 1. The number of aliphatic hydroxyl groups excluding tert-OH is 1. The van der Waals surface area contributed by atoms with Crippen LogP contribution in [-0.2, 0) is 9.47 Å². The van der Waals surface area contributed by atoms with Gasteiger partial charge in [0.05, 0.1) is 25.9 Å². The molecular weight excluding hydrogens is 218 g/mol. The lowest BCUT2D eigenvalue weighted by atomic mass is 9.83. The van der Waals surface area contributed by atoms with Gasteiger partial charge in [-0.25, -0.2) is 0 Å². The predicted octanol–water partition coefficient (Wildman–Crippen LogP) is 1.13. The summed E-state index contributed by atoms with van der Waals surface area (Å²) in [6, 6.07) is 0. The molecule has 1 saturated heterocycles. The molecular formula is C13H27NO3. The van der Waals surface area contributed by atoms with Crippen molar-refractivity contribution >= 4 is 0 Å². The van der Waals surface area contributed by atoms with Crippen LogP contribution in [0.25, 0.3) is 0 Å². The van der Waals surface area contributed by atoms with Gasteiger partial charge in [0.25, 0.3) is 0 Å². The molecule has 0 spiro atoms. The van der Waals surface area contributed by atoms with E-state index in [0.717, 1.165) is 39.1 Å². The average molecular weight is 245 g/mol. The van der Waals surface area contributed by atoms with Crippen molar-refractivity contribution in [2.45, 2.75) is 32.8 Å². The van der Waals surface area contributed by atoms with E-state index in [1.807, 2.05) is 13.8 Å². The Labute approximate surface area is 105 Å². The smallest absolute Gasteiger partial charge is 0.0596 e. The van der Waals surface area contributed by atoms with Crippen molar-refractivity contribution in [1.82, 2.24) is 4.90 Å². The van der Waals surface area contributed by atoms with Crippen molar-refractivity contribution in [2.75, 3.05) is 46.6 Å². The molecule has 1 N–H and O–H groups in total. The van der Waals surface area contributed by atoms with E-state index in [2.05, 4.69) is 11.9 Å². The lowest BCUT2D eigenvalue weighted by molar-refractivity contribution is -0.0554. The van der Waals surface area contributed by atoms with E-state index in [1.165, 1.54) is 0 Å². The highest BCUT2D eigenvalue weighted by molar-refractivity contribution is 4.83. The standard InChI is InChI=1S/C13H27NO3/c1-12(2)17-8-6-14(3)9-13(10-15)5-4-7-16-11-13/h12,15H,4-11H2,1-3H3. The van der Waals surface area contributed by atoms with Gasteiger partial charge < -0.3 is 19.5 Å². The first-order chi connectivity index (χ1) is 8.08. The van der Waals surface area contributed by atoms with Crippen LogP contribution in [0.5, 0.6) is 0 Å². The molecule has 1 heterocycles. The normalized spacial score (nSPS) is 25.8. The van der Waals surface area contributed by atoms with Gasteiger partial charge in [-0.3, -0.25) is 0 Å². The van der Waals surface area contributed by atoms with E-state index in [4.69, 9.17) is 9.47 Å². The highest BCUT2D eigenvalue weighted by Gasteiger charge is 2.33. The summed E-state index contributed by atoms with van der Waals surface area (Å²) >= 11 is 0. The van der Waals surface area contributed by atoms with Gasteiger partial charge in [-0.15, -0.1) is 0 Å². The maximum Gasteiger partial charge on any atom is 0.0596 e. The zero-order chi connectivity index (χ0) is 12.7. The zero-order valence-corrected chi connectivity index (χ0v) is 11.4. The van der Waals surface area contributed by atoms with Crippen LogP contribution in [0.1, 0.15) is 26.7 Å². The minimum Gasteiger partial charge on any atom is -0.396 e. The number of hydrogen-bond acceptors (Lipinski definition) is 4. The second-order valence-electron chi connectivity index (χ2n) is 5.47. The fourth-order valence-corrected chi connectivity index (χ4v) is 2.31. The highest BCUT2D eigenvalue weighted by Crippen LogP contribution is 2.28. The second-order valence-corrected chi connectivity index (χ2v) is 5.47. The third-order valence-corrected chi connectivity index (χ3v) is 3.27. The van der Waals surface area contributed by atoms with Gasteiger partial charge in [0.2, 0.25) is 0 Å². The van der Waals surface area contributed by atoms with Crippen LogP contribution in [0.3, 0.4) is 0 Å². The topological polar surface area (TPSA) is 41.9 Å². The summed E-state index contributed by atoms with van der Waals surface area (Å²) in [5, 5.41) is 9.57. The first-order valence-electron chi connectivity index (χ1n) is 6.57. The molecule has 1 aliphatic heterocycles. The molecule has 102 valence electrons. The van der Waals surface area contributed by atoms with Crippen molar-refractivity contribution in [3.8, 4) is 0 Å². The Morgan fingerprint density at radius 2 is 2.24 bits per heavy atom. The minimum absolute atomic E-state index is 0.0647. The summed E-state index contributed by atoms with van der Waals surface area (Å²) in [7, 11) is 2.08. The molecule has 4 heteroatoms. The number of hydrogen-bond donors (Lipinski definition) is 1. The van der Waals surface area contributed by atoms with E-state index in [-0.39, 0.29) is 18.1 Å². The van der Waals surface area contributed by atoms with Crippen molar-refractivity contribution < 1.29 is 14.6 Å². The molecule has 1 atom stereocenters. The summed E-state index contributed by atoms with van der Waals surface area (Å²) < 4.78 is 11.0. The van der Waals surface area contributed by atoms with E-state index < -0.39 is 0 Å².